The lowest BCUT2D eigenvalue weighted by molar-refractivity contribution is -0.137. The fraction of sp³-hybridized carbons (Fsp3) is 0.571. The van der Waals surface area contributed by atoms with E-state index in [0.717, 1.165) is 0 Å². The molecule has 0 saturated heterocycles. The molecule has 2 unspecified atom stereocenters. The van der Waals surface area contributed by atoms with Crippen LogP contribution in [0.5, 0.6) is 0 Å². The fourth-order valence-corrected chi connectivity index (χ4v) is 2.07. The minimum atomic E-state index is -4.16. The molecule has 20 heavy (non-hydrogen) atoms. The summed E-state index contributed by atoms with van der Waals surface area (Å²) in [5, 5.41) is 0. The maximum Gasteiger partial charge on any atom is 0.390 e. The first-order chi connectivity index (χ1) is 9.20. The molecule has 0 aliphatic carbocycles. The van der Waals surface area contributed by atoms with Gasteiger partial charge in [-0.05, 0) is 19.0 Å². The summed E-state index contributed by atoms with van der Waals surface area (Å²) < 4.78 is 50.0. The summed E-state index contributed by atoms with van der Waals surface area (Å²) in [6, 6.07) is 5.66. The molecule has 6 heteroatoms. The lowest BCUT2D eigenvalue weighted by Crippen LogP contribution is -2.33. The fourth-order valence-electron chi connectivity index (χ4n) is 2.07. The van der Waals surface area contributed by atoms with Gasteiger partial charge in [-0.25, -0.2) is 4.39 Å². The molecular weight excluding hydrogens is 272 g/mol. The Morgan fingerprint density at radius 3 is 2.40 bits per heavy atom. The smallest absolute Gasteiger partial charge is 0.324 e. The number of halogens is 4. The summed E-state index contributed by atoms with van der Waals surface area (Å²) in [5.41, 5.74) is 6.37. The number of hydrogen-bond acceptors (Lipinski definition) is 2. The highest BCUT2D eigenvalue weighted by molar-refractivity contribution is 5.21. The number of benzene rings is 1. The van der Waals surface area contributed by atoms with Crippen LogP contribution in [-0.2, 0) is 0 Å². The van der Waals surface area contributed by atoms with Crippen molar-refractivity contribution in [3.8, 4) is 0 Å². The van der Waals surface area contributed by atoms with Crippen molar-refractivity contribution in [2.24, 2.45) is 11.7 Å². The SMILES string of the molecule is CC(CN(C)CCC(F)(F)F)C(N)c1ccccc1F. The van der Waals surface area contributed by atoms with E-state index in [2.05, 4.69) is 0 Å². The molecule has 0 spiro atoms. The lowest BCUT2D eigenvalue weighted by atomic mass is 9.94. The highest BCUT2D eigenvalue weighted by Gasteiger charge is 2.28. The molecule has 0 aromatic heterocycles. The van der Waals surface area contributed by atoms with E-state index < -0.39 is 18.6 Å². The first kappa shape index (κ1) is 16.9. The largest absolute Gasteiger partial charge is 0.390 e. The van der Waals surface area contributed by atoms with Crippen LogP contribution in [0.15, 0.2) is 24.3 Å². The minimum Gasteiger partial charge on any atom is -0.324 e. The van der Waals surface area contributed by atoms with Gasteiger partial charge in [0, 0.05) is 24.7 Å². The molecule has 0 bridgehead atoms. The third-order valence-corrected chi connectivity index (χ3v) is 3.25. The molecular formula is C14H20F4N2. The summed E-state index contributed by atoms with van der Waals surface area (Å²) in [6.07, 6.45) is -5.02. The average Bonchev–Trinajstić information content (AvgIpc) is 2.35. The van der Waals surface area contributed by atoms with E-state index in [-0.39, 0.29) is 18.3 Å². The van der Waals surface area contributed by atoms with Crippen LogP contribution in [0.25, 0.3) is 0 Å². The average molecular weight is 292 g/mol. The van der Waals surface area contributed by atoms with Crippen molar-refractivity contribution < 1.29 is 17.6 Å². The van der Waals surface area contributed by atoms with Gasteiger partial charge in [-0.15, -0.1) is 0 Å². The predicted molar refractivity (Wildman–Crippen MR) is 70.7 cm³/mol. The number of rotatable bonds is 6. The topological polar surface area (TPSA) is 29.3 Å². The molecule has 2 N–H and O–H groups in total. The third kappa shape index (κ3) is 5.46. The summed E-state index contributed by atoms with van der Waals surface area (Å²) in [7, 11) is 1.61. The summed E-state index contributed by atoms with van der Waals surface area (Å²) >= 11 is 0. The quantitative estimate of drug-likeness (QED) is 0.815. The molecule has 1 aromatic carbocycles. The van der Waals surface area contributed by atoms with Crippen molar-refractivity contribution in [2.75, 3.05) is 20.1 Å². The second-order valence-electron chi connectivity index (χ2n) is 5.15. The van der Waals surface area contributed by atoms with Crippen molar-refractivity contribution >= 4 is 0 Å². The van der Waals surface area contributed by atoms with Gasteiger partial charge in [0.15, 0.2) is 0 Å². The van der Waals surface area contributed by atoms with Crippen LogP contribution in [0, 0.1) is 11.7 Å². The molecule has 0 radical (unpaired) electrons. The standard InChI is InChI=1S/C14H20F4N2/c1-10(9-20(2)8-7-14(16,17)18)13(19)11-5-3-4-6-12(11)15/h3-6,10,13H,7-9,19H2,1-2H3. The number of hydrogen-bond donors (Lipinski definition) is 1. The zero-order valence-corrected chi connectivity index (χ0v) is 11.6. The molecule has 114 valence electrons. The molecule has 0 aliphatic rings. The molecule has 2 nitrogen and oxygen atoms in total. The van der Waals surface area contributed by atoms with E-state index in [4.69, 9.17) is 5.73 Å². The molecule has 1 aromatic rings. The van der Waals surface area contributed by atoms with Gasteiger partial charge in [-0.3, -0.25) is 0 Å². The molecule has 0 saturated carbocycles. The van der Waals surface area contributed by atoms with Gasteiger partial charge in [0.2, 0.25) is 0 Å². The van der Waals surface area contributed by atoms with Crippen molar-refractivity contribution in [1.82, 2.24) is 4.90 Å². The second kappa shape index (κ2) is 7.04. The van der Waals surface area contributed by atoms with Crippen molar-refractivity contribution in [1.29, 1.82) is 0 Å². The van der Waals surface area contributed by atoms with Crippen LogP contribution in [0.1, 0.15) is 24.9 Å². The summed E-state index contributed by atoms with van der Waals surface area (Å²) in [4.78, 5) is 1.57. The molecule has 0 fully saturated rings. The highest BCUT2D eigenvalue weighted by Crippen LogP contribution is 2.23. The van der Waals surface area contributed by atoms with Crippen molar-refractivity contribution in [3.63, 3.8) is 0 Å². The van der Waals surface area contributed by atoms with Gasteiger partial charge in [0.25, 0.3) is 0 Å². The van der Waals surface area contributed by atoms with E-state index in [1.807, 2.05) is 0 Å². The number of nitrogens with zero attached hydrogens (tertiary/aromatic N) is 1. The van der Waals surface area contributed by atoms with Crippen LogP contribution in [-0.4, -0.2) is 31.2 Å². The van der Waals surface area contributed by atoms with E-state index in [1.54, 1.807) is 37.1 Å². The van der Waals surface area contributed by atoms with Gasteiger partial charge in [-0.1, -0.05) is 25.1 Å². The van der Waals surface area contributed by atoms with Gasteiger partial charge in [0.05, 0.1) is 6.42 Å². The maximum atomic E-state index is 13.6. The first-order valence-corrected chi connectivity index (χ1v) is 6.46. The van der Waals surface area contributed by atoms with Gasteiger partial charge in [0.1, 0.15) is 5.82 Å². The Morgan fingerprint density at radius 1 is 1.25 bits per heavy atom. The monoisotopic (exact) mass is 292 g/mol. The van der Waals surface area contributed by atoms with Crippen LogP contribution >= 0.6 is 0 Å². The Hall–Kier alpha value is -1.14. The second-order valence-corrected chi connectivity index (χ2v) is 5.15. The van der Waals surface area contributed by atoms with Gasteiger partial charge >= 0.3 is 6.18 Å². The van der Waals surface area contributed by atoms with E-state index in [1.165, 1.54) is 6.07 Å². The van der Waals surface area contributed by atoms with Gasteiger partial charge in [-0.2, -0.15) is 13.2 Å². The van der Waals surface area contributed by atoms with Crippen molar-refractivity contribution in [3.05, 3.63) is 35.6 Å². The molecule has 0 amide bonds. The van der Waals surface area contributed by atoms with Crippen LogP contribution in [0.3, 0.4) is 0 Å². The first-order valence-electron chi connectivity index (χ1n) is 6.46. The zero-order valence-electron chi connectivity index (χ0n) is 11.6. The molecule has 0 heterocycles. The Kier molecular flexibility index (Phi) is 5.95. The Bertz CT molecular complexity index is 420. The Balaban J connectivity index is 2.54. The third-order valence-electron chi connectivity index (χ3n) is 3.25. The van der Waals surface area contributed by atoms with E-state index in [0.29, 0.717) is 12.1 Å². The normalized spacial score (nSPS) is 15.4. The summed E-state index contributed by atoms with van der Waals surface area (Å²) in [5.74, 6) is -0.532. The van der Waals surface area contributed by atoms with Crippen molar-refractivity contribution in [2.45, 2.75) is 25.6 Å². The van der Waals surface area contributed by atoms with E-state index in [9.17, 15) is 17.6 Å². The van der Waals surface area contributed by atoms with Crippen LogP contribution in [0.4, 0.5) is 17.6 Å². The Morgan fingerprint density at radius 2 is 1.85 bits per heavy atom. The highest BCUT2D eigenvalue weighted by atomic mass is 19.4. The molecule has 2 atom stereocenters. The minimum absolute atomic E-state index is 0.0855. The lowest BCUT2D eigenvalue weighted by Gasteiger charge is -2.26. The van der Waals surface area contributed by atoms with Crippen LogP contribution in [0.2, 0.25) is 0 Å². The molecule has 0 aliphatic heterocycles. The zero-order chi connectivity index (χ0) is 15.3. The van der Waals surface area contributed by atoms with Crippen LogP contribution < -0.4 is 5.73 Å². The molecule has 1 rings (SSSR count). The number of alkyl halides is 3. The maximum absolute atomic E-state index is 13.6. The Labute approximate surface area is 116 Å². The summed E-state index contributed by atoms with van der Waals surface area (Å²) in [6.45, 7) is 2.10. The number of nitrogens with two attached hydrogens (primary N) is 1. The van der Waals surface area contributed by atoms with Gasteiger partial charge < -0.3 is 10.6 Å². The predicted octanol–water partition coefficient (Wildman–Crippen LogP) is 3.35. The van der Waals surface area contributed by atoms with E-state index >= 15 is 0 Å².